The molecule has 0 spiro atoms. The molecule has 1 aromatic rings. The summed E-state index contributed by atoms with van der Waals surface area (Å²) in [5, 5.41) is 9.29. The van der Waals surface area contributed by atoms with Crippen LogP contribution in [0.5, 0.6) is 0 Å². The molecule has 1 heterocycles. The number of carbonyl (C=O) groups is 1. The van der Waals surface area contributed by atoms with Gasteiger partial charge in [-0.05, 0) is 32.6 Å². The van der Waals surface area contributed by atoms with Crippen LogP contribution in [0, 0.1) is 12.8 Å². The summed E-state index contributed by atoms with van der Waals surface area (Å²) in [7, 11) is 0. The number of aromatic nitrogens is 2. The van der Waals surface area contributed by atoms with Crippen molar-refractivity contribution in [3.05, 3.63) is 11.9 Å². The summed E-state index contributed by atoms with van der Waals surface area (Å²) in [6.07, 6.45) is 3.09. The minimum absolute atomic E-state index is 0.154. The normalized spacial score (nSPS) is 13.9. The van der Waals surface area contributed by atoms with Crippen molar-refractivity contribution in [1.29, 1.82) is 0 Å². The topological polar surface area (TPSA) is 78.9 Å². The van der Waals surface area contributed by atoms with Gasteiger partial charge in [-0.25, -0.2) is 9.97 Å². The Balaban J connectivity index is 1.71. The van der Waals surface area contributed by atoms with Gasteiger partial charge in [0.2, 0.25) is 5.91 Å². The first-order chi connectivity index (χ1) is 9.67. The zero-order valence-corrected chi connectivity index (χ0v) is 12.2. The Morgan fingerprint density at radius 1 is 1.25 bits per heavy atom. The van der Waals surface area contributed by atoms with Crippen LogP contribution in [0.4, 0.5) is 11.6 Å². The van der Waals surface area contributed by atoms with E-state index < -0.39 is 0 Å². The molecule has 6 nitrogen and oxygen atoms in total. The molecule has 0 bridgehead atoms. The molecule has 1 saturated carbocycles. The van der Waals surface area contributed by atoms with Gasteiger partial charge in [-0.2, -0.15) is 0 Å². The predicted molar refractivity (Wildman–Crippen MR) is 79.8 cm³/mol. The van der Waals surface area contributed by atoms with Crippen LogP contribution in [0.3, 0.4) is 0 Å². The lowest BCUT2D eigenvalue weighted by atomic mass is 10.3. The molecule has 3 N–H and O–H groups in total. The third kappa shape index (κ3) is 5.03. The molecule has 110 valence electrons. The van der Waals surface area contributed by atoms with Gasteiger partial charge in [0.05, 0.1) is 0 Å². The van der Waals surface area contributed by atoms with E-state index in [0.29, 0.717) is 25.4 Å². The first kappa shape index (κ1) is 14.6. The van der Waals surface area contributed by atoms with E-state index in [2.05, 4.69) is 25.9 Å². The van der Waals surface area contributed by atoms with Crippen molar-refractivity contribution < 1.29 is 4.79 Å². The van der Waals surface area contributed by atoms with E-state index in [1.165, 1.54) is 12.8 Å². The second-order valence-corrected chi connectivity index (χ2v) is 5.14. The SMILES string of the molecule is CCNc1cc(NCCNC(=O)CC2CC2)nc(C)n1. The summed E-state index contributed by atoms with van der Waals surface area (Å²) in [5.74, 6) is 3.12. The average Bonchev–Trinajstić information content (AvgIpc) is 3.18. The van der Waals surface area contributed by atoms with E-state index >= 15 is 0 Å². The van der Waals surface area contributed by atoms with Gasteiger partial charge in [0.1, 0.15) is 17.5 Å². The molecule has 0 aromatic carbocycles. The van der Waals surface area contributed by atoms with Crippen molar-refractivity contribution in [2.45, 2.75) is 33.1 Å². The van der Waals surface area contributed by atoms with E-state index in [1.807, 2.05) is 19.9 Å². The monoisotopic (exact) mass is 277 g/mol. The van der Waals surface area contributed by atoms with Crippen LogP contribution in [-0.4, -0.2) is 35.5 Å². The number of nitrogens with one attached hydrogen (secondary N) is 3. The summed E-state index contributed by atoms with van der Waals surface area (Å²) in [4.78, 5) is 20.1. The zero-order valence-electron chi connectivity index (χ0n) is 12.2. The minimum Gasteiger partial charge on any atom is -0.370 e. The minimum atomic E-state index is 0.154. The second kappa shape index (κ2) is 7.07. The smallest absolute Gasteiger partial charge is 0.220 e. The molecule has 1 aliphatic carbocycles. The summed E-state index contributed by atoms with van der Waals surface area (Å²) >= 11 is 0. The van der Waals surface area contributed by atoms with Gasteiger partial charge < -0.3 is 16.0 Å². The Labute approximate surface area is 119 Å². The molecular formula is C14H23N5O. The Morgan fingerprint density at radius 3 is 2.60 bits per heavy atom. The third-order valence-electron chi connectivity index (χ3n) is 3.12. The van der Waals surface area contributed by atoms with Gasteiger partial charge in [-0.1, -0.05) is 0 Å². The highest BCUT2D eigenvalue weighted by Crippen LogP contribution is 2.31. The Bertz CT molecular complexity index is 459. The molecule has 0 aliphatic heterocycles. The maximum absolute atomic E-state index is 11.5. The van der Waals surface area contributed by atoms with Crippen LogP contribution < -0.4 is 16.0 Å². The van der Waals surface area contributed by atoms with Crippen molar-refractivity contribution in [3.8, 4) is 0 Å². The van der Waals surface area contributed by atoms with Crippen LogP contribution in [-0.2, 0) is 4.79 Å². The molecule has 6 heteroatoms. The fourth-order valence-corrected chi connectivity index (χ4v) is 1.98. The number of carbonyl (C=O) groups excluding carboxylic acids is 1. The third-order valence-corrected chi connectivity index (χ3v) is 3.12. The second-order valence-electron chi connectivity index (χ2n) is 5.14. The van der Waals surface area contributed by atoms with Gasteiger partial charge in [-0.15, -0.1) is 0 Å². The van der Waals surface area contributed by atoms with Crippen LogP contribution >= 0.6 is 0 Å². The van der Waals surface area contributed by atoms with E-state index in [-0.39, 0.29) is 5.91 Å². The van der Waals surface area contributed by atoms with Gasteiger partial charge in [0.15, 0.2) is 0 Å². The van der Waals surface area contributed by atoms with Crippen molar-refractivity contribution in [2.24, 2.45) is 5.92 Å². The van der Waals surface area contributed by atoms with Crippen molar-refractivity contribution in [2.75, 3.05) is 30.3 Å². The first-order valence-electron chi connectivity index (χ1n) is 7.27. The number of rotatable bonds is 8. The number of hydrogen-bond acceptors (Lipinski definition) is 5. The quantitative estimate of drug-likeness (QED) is 0.628. The Kier molecular flexibility index (Phi) is 5.15. The number of hydrogen-bond donors (Lipinski definition) is 3. The van der Waals surface area contributed by atoms with Crippen LogP contribution in [0.15, 0.2) is 6.07 Å². The summed E-state index contributed by atoms with van der Waals surface area (Å²) < 4.78 is 0. The van der Waals surface area contributed by atoms with Crippen molar-refractivity contribution in [1.82, 2.24) is 15.3 Å². The maximum Gasteiger partial charge on any atom is 0.220 e. The van der Waals surface area contributed by atoms with Gasteiger partial charge in [0, 0.05) is 32.1 Å². The molecule has 2 rings (SSSR count). The van der Waals surface area contributed by atoms with Gasteiger partial charge in [0.25, 0.3) is 0 Å². The van der Waals surface area contributed by atoms with Gasteiger partial charge in [-0.3, -0.25) is 4.79 Å². The Morgan fingerprint density at radius 2 is 1.95 bits per heavy atom. The highest BCUT2D eigenvalue weighted by molar-refractivity contribution is 5.76. The zero-order chi connectivity index (χ0) is 14.4. The molecule has 0 saturated heterocycles. The Hall–Kier alpha value is -1.85. The lowest BCUT2D eigenvalue weighted by molar-refractivity contribution is -0.121. The summed E-state index contributed by atoms with van der Waals surface area (Å²) in [6.45, 7) is 6.00. The standard InChI is InChI=1S/C14H23N5O/c1-3-15-12-9-13(19-10(2)18-12)16-6-7-17-14(20)8-11-4-5-11/h9,11H,3-8H2,1-2H3,(H,17,20)(H2,15,16,18,19). The fraction of sp³-hybridized carbons (Fsp3) is 0.643. The number of amides is 1. The summed E-state index contributed by atoms with van der Waals surface area (Å²) in [6, 6.07) is 1.88. The van der Waals surface area contributed by atoms with E-state index in [4.69, 9.17) is 0 Å². The number of nitrogens with zero attached hydrogens (tertiary/aromatic N) is 2. The molecule has 1 fully saturated rings. The lowest BCUT2D eigenvalue weighted by Gasteiger charge is -2.10. The molecule has 1 aromatic heterocycles. The van der Waals surface area contributed by atoms with Crippen LogP contribution in [0.2, 0.25) is 0 Å². The number of aryl methyl sites for hydroxylation is 1. The van der Waals surface area contributed by atoms with E-state index in [1.54, 1.807) is 0 Å². The molecule has 0 atom stereocenters. The van der Waals surface area contributed by atoms with E-state index in [0.717, 1.165) is 24.0 Å². The summed E-state index contributed by atoms with van der Waals surface area (Å²) in [5.41, 5.74) is 0. The highest BCUT2D eigenvalue weighted by atomic mass is 16.1. The predicted octanol–water partition coefficient (Wildman–Crippen LogP) is 1.55. The molecule has 20 heavy (non-hydrogen) atoms. The molecular weight excluding hydrogens is 254 g/mol. The van der Waals surface area contributed by atoms with Crippen molar-refractivity contribution in [3.63, 3.8) is 0 Å². The molecule has 1 aliphatic rings. The maximum atomic E-state index is 11.5. The average molecular weight is 277 g/mol. The van der Waals surface area contributed by atoms with Crippen molar-refractivity contribution >= 4 is 17.5 Å². The van der Waals surface area contributed by atoms with Gasteiger partial charge >= 0.3 is 0 Å². The molecule has 0 radical (unpaired) electrons. The highest BCUT2D eigenvalue weighted by Gasteiger charge is 2.23. The van der Waals surface area contributed by atoms with Crippen LogP contribution in [0.25, 0.3) is 0 Å². The first-order valence-corrected chi connectivity index (χ1v) is 7.27. The fourth-order valence-electron chi connectivity index (χ4n) is 1.98. The number of anilines is 2. The van der Waals surface area contributed by atoms with E-state index in [9.17, 15) is 4.79 Å². The molecule has 0 unspecified atom stereocenters. The lowest BCUT2D eigenvalue weighted by Crippen LogP contribution is -2.29. The molecule has 1 amide bonds. The largest absolute Gasteiger partial charge is 0.370 e. The van der Waals surface area contributed by atoms with Crippen LogP contribution in [0.1, 0.15) is 32.0 Å².